The molecule has 1 unspecified atom stereocenters. The maximum atomic E-state index is 6.28. The molecule has 0 aliphatic carbocycles. The highest BCUT2D eigenvalue weighted by Gasteiger charge is 2.19. The monoisotopic (exact) mass is 323 g/mol. The van der Waals surface area contributed by atoms with E-state index in [1.807, 2.05) is 36.4 Å². The molecule has 3 rings (SSSR count). The molecular formula is C16H15Cl2NO2. The first-order chi connectivity index (χ1) is 10.2. The van der Waals surface area contributed by atoms with Gasteiger partial charge in [-0.25, -0.2) is 0 Å². The summed E-state index contributed by atoms with van der Waals surface area (Å²) in [5.41, 5.74) is 7.95. The number of hydrogen-bond acceptors (Lipinski definition) is 3. The van der Waals surface area contributed by atoms with E-state index in [1.165, 1.54) is 0 Å². The molecule has 1 atom stereocenters. The van der Waals surface area contributed by atoms with Gasteiger partial charge >= 0.3 is 0 Å². The Kier molecular flexibility index (Phi) is 4.24. The van der Waals surface area contributed by atoms with E-state index in [1.54, 1.807) is 0 Å². The summed E-state index contributed by atoms with van der Waals surface area (Å²) >= 11 is 12.6. The summed E-state index contributed by atoms with van der Waals surface area (Å²) in [6, 6.07) is 11.4. The van der Waals surface area contributed by atoms with Crippen molar-refractivity contribution in [3.63, 3.8) is 0 Å². The summed E-state index contributed by atoms with van der Waals surface area (Å²) in [5, 5.41) is 1.30. The SMILES string of the molecule is NCC(Cc1ccc2c(c1)OCO2)c1c(Cl)cccc1Cl. The van der Waals surface area contributed by atoms with Gasteiger partial charge in [0.25, 0.3) is 0 Å². The average Bonchev–Trinajstić information content (AvgIpc) is 2.93. The van der Waals surface area contributed by atoms with Crippen molar-refractivity contribution in [1.29, 1.82) is 0 Å². The van der Waals surface area contributed by atoms with Crippen LogP contribution in [0.5, 0.6) is 11.5 Å². The van der Waals surface area contributed by atoms with E-state index in [-0.39, 0.29) is 12.7 Å². The lowest BCUT2D eigenvalue weighted by molar-refractivity contribution is 0.174. The van der Waals surface area contributed by atoms with Crippen LogP contribution in [0.3, 0.4) is 0 Å². The van der Waals surface area contributed by atoms with E-state index >= 15 is 0 Å². The lowest BCUT2D eigenvalue weighted by Crippen LogP contribution is -2.16. The second-order valence-corrected chi connectivity index (χ2v) is 5.77. The van der Waals surface area contributed by atoms with E-state index in [0.29, 0.717) is 16.6 Å². The summed E-state index contributed by atoms with van der Waals surface area (Å²) < 4.78 is 10.7. The molecule has 0 amide bonds. The third-order valence-corrected chi connectivity index (χ3v) is 4.27. The Balaban J connectivity index is 1.88. The first kappa shape index (κ1) is 14.5. The molecule has 1 heterocycles. The predicted octanol–water partition coefficient (Wildman–Crippen LogP) is 4.01. The fourth-order valence-corrected chi connectivity index (χ4v) is 3.26. The molecule has 0 saturated heterocycles. The van der Waals surface area contributed by atoms with Gasteiger partial charge in [-0.2, -0.15) is 0 Å². The number of halogens is 2. The molecule has 5 heteroatoms. The van der Waals surface area contributed by atoms with Crippen molar-refractivity contribution in [3.8, 4) is 11.5 Å². The van der Waals surface area contributed by atoms with E-state index in [0.717, 1.165) is 29.0 Å². The molecule has 110 valence electrons. The van der Waals surface area contributed by atoms with Crippen LogP contribution in [0.1, 0.15) is 17.0 Å². The van der Waals surface area contributed by atoms with Crippen molar-refractivity contribution in [2.24, 2.45) is 5.73 Å². The van der Waals surface area contributed by atoms with E-state index in [9.17, 15) is 0 Å². The Hall–Kier alpha value is -1.42. The van der Waals surface area contributed by atoms with Crippen LogP contribution in [0, 0.1) is 0 Å². The normalized spacial score (nSPS) is 14.2. The Morgan fingerprint density at radius 2 is 1.76 bits per heavy atom. The molecule has 0 saturated carbocycles. The molecule has 21 heavy (non-hydrogen) atoms. The van der Waals surface area contributed by atoms with Crippen LogP contribution >= 0.6 is 23.2 Å². The molecule has 0 radical (unpaired) electrons. The molecule has 2 aromatic carbocycles. The molecule has 1 aliphatic heterocycles. The summed E-state index contributed by atoms with van der Waals surface area (Å²) in [6.45, 7) is 0.743. The number of benzene rings is 2. The highest BCUT2D eigenvalue weighted by atomic mass is 35.5. The predicted molar refractivity (Wildman–Crippen MR) is 84.5 cm³/mol. The zero-order chi connectivity index (χ0) is 14.8. The van der Waals surface area contributed by atoms with Crippen molar-refractivity contribution in [1.82, 2.24) is 0 Å². The zero-order valence-electron chi connectivity index (χ0n) is 11.3. The van der Waals surface area contributed by atoms with E-state index in [2.05, 4.69) is 0 Å². The standard InChI is InChI=1S/C16H15Cl2NO2/c17-12-2-1-3-13(18)16(12)11(8-19)6-10-4-5-14-15(7-10)21-9-20-14/h1-5,7,11H,6,8-9,19H2. The van der Waals surface area contributed by atoms with Crippen LogP contribution < -0.4 is 15.2 Å². The van der Waals surface area contributed by atoms with Gasteiger partial charge in [-0.3, -0.25) is 0 Å². The van der Waals surface area contributed by atoms with E-state index in [4.69, 9.17) is 38.4 Å². The fraction of sp³-hybridized carbons (Fsp3) is 0.250. The summed E-state index contributed by atoms with van der Waals surface area (Å²) in [5.74, 6) is 1.61. The quantitative estimate of drug-likeness (QED) is 0.924. The fourth-order valence-electron chi connectivity index (χ4n) is 2.56. The Labute approximate surface area is 133 Å². The average molecular weight is 324 g/mol. The molecule has 0 bridgehead atoms. The number of rotatable bonds is 4. The Morgan fingerprint density at radius 1 is 1.05 bits per heavy atom. The molecule has 0 spiro atoms. The van der Waals surface area contributed by atoms with Crippen LogP contribution in [0.25, 0.3) is 0 Å². The van der Waals surface area contributed by atoms with Crippen molar-refractivity contribution < 1.29 is 9.47 Å². The van der Waals surface area contributed by atoms with Crippen molar-refractivity contribution in [2.75, 3.05) is 13.3 Å². The third kappa shape index (κ3) is 2.95. The van der Waals surface area contributed by atoms with Gasteiger partial charge in [0.1, 0.15) is 0 Å². The number of fused-ring (bicyclic) bond motifs is 1. The first-order valence-electron chi connectivity index (χ1n) is 6.71. The van der Waals surface area contributed by atoms with Gasteiger partial charge in [0, 0.05) is 16.0 Å². The summed E-state index contributed by atoms with van der Waals surface area (Å²) in [4.78, 5) is 0. The molecule has 0 fully saturated rings. The second kappa shape index (κ2) is 6.14. The maximum absolute atomic E-state index is 6.28. The lowest BCUT2D eigenvalue weighted by Gasteiger charge is -2.18. The second-order valence-electron chi connectivity index (χ2n) is 4.96. The van der Waals surface area contributed by atoms with Crippen LogP contribution in [0.15, 0.2) is 36.4 Å². The molecule has 2 aromatic rings. The minimum Gasteiger partial charge on any atom is -0.454 e. The van der Waals surface area contributed by atoms with Crippen molar-refractivity contribution in [3.05, 3.63) is 57.6 Å². The number of nitrogens with two attached hydrogens (primary N) is 1. The van der Waals surface area contributed by atoms with Gasteiger partial charge in [-0.1, -0.05) is 35.3 Å². The Morgan fingerprint density at radius 3 is 2.48 bits per heavy atom. The topological polar surface area (TPSA) is 44.5 Å². The largest absolute Gasteiger partial charge is 0.454 e. The number of ether oxygens (including phenoxy) is 2. The highest BCUT2D eigenvalue weighted by molar-refractivity contribution is 6.36. The van der Waals surface area contributed by atoms with Gasteiger partial charge in [-0.05, 0) is 48.4 Å². The van der Waals surface area contributed by atoms with E-state index < -0.39 is 0 Å². The minimum absolute atomic E-state index is 0.0616. The van der Waals surface area contributed by atoms with Gasteiger partial charge in [0.05, 0.1) is 0 Å². The minimum atomic E-state index is 0.0616. The molecular weight excluding hydrogens is 309 g/mol. The molecule has 3 nitrogen and oxygen atoms in total. The summed E-state index contributed by atoms with van der Waals surface area (Å²) in [7, 11) is 0. The van der Waals surface area contributed by atoms with Crippen molar-refractivity contribution in [2.45, 2.75) is 12.3 Å². The van der Waals surface area contributed by atoms with Gasteiger partial charge < -0.3 is 15.2 Å². The van der Waals surface area contributed by atoms with Crippen molar-refractivity contribution >= 4 is 23.2 Å². The number of hydrogen-bond donors (Lipinski definition) is 1. The first-order valence-corrected chi connectivity index (χ1v) is 7.47. The van der Waals surface area contributed by atoms with Gasteiger partial charge in [-0.15, -0.1) is 0 Å². The molecule has 0 aromatic heterocycles. The highest BCUT2D eigenvalue weighted by Crippen LogP contribution is 2.36. The summed E-state index contributed by atoms with van der Waals surface area (Å²) in [6.07, 6.45) is 0.747. The smallest absolute Gasteiger partial charge is 0.231 e. The molecule has 2 N–H and O–H groups in total. The van der Waals surface area contributed by atoms with Gasteiger partial charge in [0.2, 0.25) is 6.79 Å². The maximum Gasteiger partial charge on any atom is 0.231 e. The van der Waals surface area contributed by atoms with Crippen LogP contribution in [-0.2, 0) is 6.42 Å². The zero-order valence-corrected chi connectivity index (χ0v) is 12.8. The Bertz CT molecular complexity index is 640. The van der Waals surface area contributed by atoms with Crippen LogP contribution in [-0.4, -0.2) is 13.3 Å². The van der Waals surface area contributed by atoms with Crippen LogP contribution in [0.4, 0.5) is 0 Å². The molecule has 1 aliphatic rings. The van der Waals surface area contributed by atoms with Gasteiger partial charge in [0.15, 0.2) is 11.5 Å². The van der Waals surface area contributed by atoms with Crippen LogP contribution in [0.2, 0.25) is 10.0 Å². The lowest BCUT2D eigenvalue weighted by atomic mass is 9.92. The third-order valence-electron chi connectivity index (χ3n) is 3.61.